The smallest absolute Gasteiger partial charge is 0.255 e. The minimum Gasteiger partial charge on any atom is -0.370 e. The minimum atomic E-state index is -0.416. The van der Waals surface area contributed by atoms with Gasteiger partial charge in [0.05, 0.1) is 18.3 Å². The van der Waals surface area contributed by atoms with E-state index in [1.165, 1.54) is 17.2 Å². The van der Waals surface area contributed by atoms with Crippen LogP contribution in [0, 0.1) is 11.7 Å². The van der Waals surface area contributed by atoms with Gasteiger partial charge in [-0.05, 0) is 24.1 Å². The van der Waals surface area contributed by atoms with E-state index in [-0.39, 0.29) is 43.2 Å². The van der Waals surface area contributed by atoms with Gasteiger partial charge in [-0.3, -0.25) is 14.6 Å². The number of hydrogen-bond acceptors (Lipinski definition) is 4. The van der Waals surface area contributed by atoms with Crippen molar-refractivity contribution in [2.75, 3.05) is 26.2 Å². The van der Waals surface area contributed by atoms with Crippen molar-refractivity contribution in [1.29, 1.82) is 0 Å². The summed E-state index contributed by atoms with van der Waals surface area (Å²) in [6.07, 6.45) is 2.66. The molecule has 0 N–H and O–H groups in total. The Bertz CT molecular complexity index is 844. The first-order valence-corrected chi connectivity index (χ1v) is 9.76. The average molecular weight is 399 g/mol. The zero-order chi connectivity index (χ0) is 20.8. The van der Waals surface area contributed by atoms with E-state index in [1.54, 1.807) is 41.4 Å². The number of carbonyl (C=O) groups excluding carboxylic acids is 2. The monoisotopic (exact) mass is 399 g/mol. The molecule has 1 unspecified atom stereocenters. The van der Waals surface area contributed by atoms with Gasteiger partial charge < -0.3 is 14.5 Å². The molecule has 2 amide bonds. The van der Waals surface area contributed by atoms with Crippen LogP contribution in [0.1, 0.15) is 29.8 Å². The Morgan fingerprint density at radius 2 is 2.03 bits per heavy atom. The molecule has 2 heterocycles. The van der Waals surface area contributed by atoms with E-state index in [2.05, 4.69) is 4.98 Å². The van der Waals surface area contributed by atoms with Crippen LogP contribution in [0.2, 0.25) is 0 Å². The highest BCUT2D eigenvalue weighted by molar-refractivity contribution is 5.96. The standard InChI is InChI=1S/C22H26FN3O3/c1-16(2)11-25-12-19(29-15-18-6-3-4-8-20(18)23)13-26(14-21(25)27)22(28)17-7-5-9-24-10-17/h3-10,16,19H,11-15H2,1-2H3. The molecule has 154 valence electrons. The maximum Gasteiger partial charge on any atom is 0.255 e. The third-order valence-electron chi connectivity index (χ3n) is 4.74. The van der Waals surface area contributed by atoms with Crippen molar-refractivity contribution >= 4 is 11.8 Å². The van der Waals surface area contributed by atoms with Gasteiger partial charge in [0, 0.05) is 37.6 Å². The second-order valence-electron chi connectivity index (χ2n) is 7.64. The van der Waals surface area contributed by atoms with Gasteiger partial charge in [-0.1, -0.05) is 32.0 Å². The fraction of sp³-hybridized carbons (Fsp3) is 0.409. The molecule has 0 saturated carbocycles. The SMILES string of the molecule is CC(C)CN1CC(OCc2ccccc2F)CN(C(=O)c2cccnc2)CC1=O. The second-order valence-corrected chi connectivity index (χ2v) is 7.64. The van der Waals surface area contributed by atoms with Crippen LogP contribution in [0.15, 0.2) is 48.8 Å². The van der Waals surface area contributed by atoms with Crippen LogP contribution in [0.3, 0.4) is 0 Å². The number of aromatic nitrogens is 1. The number of benzene rings is 1. The van der Waals surface area contributed by atoms with Crippen molar-refractivity contribution in [3.05, 3.63) is 65.7 Å². The van der Waals surface area contributed by atoms with E-state index in [4.69, 9.17) is 4.74 Å². The Hall–Kier alpha value is -2.80. The Morgan fingerprint density at radius 3 is 2.72 bits per heavy atom. The molecule has 0 radical (unpaired) electrons. The molecule has 1 aliphatic rings. The molecule has 1 aliphatic heterocycles. The lowest BCUT2D eigenvalue weighted by molar-refractivity contribution is -0.132. The van der Waals surface area contributed by atoms with Crippen LogP contribution in [0.25, 0.3) is 0 Å². The van der Waals surface area contributed by atoms with Gasteiger partial charge in [-0.15, -0.1) is 0 Å². The van der Waals surface area contributed by atoms with Crippen LogP contribution in [-0.4, -0.2) is 58.9 Å². The molecule has 0 bridgehead atoms. The van der Waals surface area contributed by atoms with Crippen molar-refractivity contribution in [3.8, 4) is 0 Å². The van der Waals surface area contributed by atoms with Gasteiger partial charge >= 0.3 is 0 Å². The van der Waals surface area contributed by atoms with Gasteiger partial charge in [0.25, 0.3) is 5.91 Å². The first-order chi connectivity index (χ1) is 13.9. The van der Waals surface area contributed by atoms with E-state index >= 15 is 0 Å². The first kappa shape index (κ1) is 20.9. The molecule has 1 aromatic carbocycles. The fourth-order valence-electron chi connectivity index (χ4n) is 3.35. The molecule has 2 aromatic rings. The lowest BCUT2D eigenvalue weighted by Gasteiger charge is -2.26. The topological polar surface area (TPSA) is 62.7 Å². The van der Waals surface area contributed by atoms with Crippen LogP contribution in [0.5, 0.6) is 0 Å². The van der Waals surface area contributed by atoms with Crippen molar-refractivity contribution < 1.29 is 18.7 Å². The third-order valence-corrected chi connectivity index (χ3v) is 4.74. The van der Waals surface area contributed by atoms with Gasteiger partial charge in [-0.25, -0.2) is 4.39 Å². The molecule has 1 fully saturated rings. The van der Waals surface area contributed by atoms with E-state index in [9.17, 15) is 14.0 Å². The molecule has 29 heavy (non-hydrogen) atoms. The molecular weight excluding hydrogens is 373 g/mol. The lowest BCUT2D eigenvalue weighted by atomic mass is 10.2. The summed E-state index contributed by atoms with van der Waals surface area (Å²) in [5.74, 6) is -0.434. The van der Waals surface area contributed by atoms with E-state index in [0.717, 1.165) is 0 Å². The van der Waals surface area contributed by atoms with Crippen molar-refractivity contribution in [2.45, 2.75) is 26.6 Å². The summed E-state index contributed by atoms with van der Waals surface area (Å²) in [4.78, 5) is 32.9. The van der Waals surface area contributed by atoms with Gasteiger partial charge in [0.1, 0.15) is 12.4 Å². The highest BCUT2D eigenvalue weighted by Crippen LogP contribution is 2.16. The number of carbonyl (C=O) groups is 2. The maximum absolute atomic E-state index is 13.9. The van der Waals surface area contributed by atoms with Crippen molar-refractivity contribution in [3.63, 3.8) is 0 Å². The predicted molar refractivity (Wildman–Crippen MR) is 107 cm³/mol. The van der Waals surface area contributed by atoms with Gasteiger partial charge in [0.2, 0.25) is 5.91 Å². The molecule has 0 aliphatic carbocycles. The second kappa shape index (κ2) is 9.60. The number of rotatable bonds is 6. The Labute approximate surface area is 170 Å². The van der Waals surface area contributed by atoms with E-state index in [1.807, 2.05) is 13.8 Å². The Morgan fingerprint density at radius 1 is 1.24 bits per heavy atom. The highest BCUT2D eigenvalue weighted by Gasteiger charge is 2.31. The Balaban J connectivity index is 1.77. The van der Waals surface area contributed by atoms with Crippen LogP contribution in [-0.2, 0) is 16.1 Å². The average Bonchev–Trinajstić information content (AvgIpc) is 2.86. The summed E-state index contributed by atoms with van der Waals surface area (Å²) in [6.45, 7) is 5.33. The predicted octanol–water partition coefficient (Wildman–Crippen LogP) is 2.75. The van der Waals surface area contributed by atoms with Crippen LogP contribution >= 0.6 is 0 Å². The summed E-state index contributed by atoms with van der Waals surface area (Å²) >= 11 is 0. The minimum absolute atomic E-state index is 0.0139. The summed E-state index contributed by atoms with van der Waals surface area (Å²) in [5.41, 5.74) is 0.870. The van der Waals surface area contributed by atoms with Crippen LogP contribution in [0.4, 0.5) is 4.39 Å². The Kier molecular flexibility index (Phi) is 6.93. The number of hydrogen-bond donors (Lipinski definition) is 0. The molecule has 7 heteroatoms. The molecule has 6 nitrogen and oxygen atoms in total. The molecule has 1 atom stereocenters. The summed E-state index contributed by atoms with van der Waals surface area (Å²) in [5, 5.41) is 0. The molecule has 1 aromatic heterocycles. The van der Waals surface area contributed by atoms with Gasteiger partial charge in [0.15, 0.2) is 0 Å². The molecule has 0 spiro atoms. The number of pyridine rings is 1. The quantitative estimate of drug-likeness (QED) is 0.749. The third kappa shape index (κ3) is 5.60. The highest BCUT2D eigenvalue weighted by atomic mass is 19.1. The summed E-state index contributed by atoms with van der Waals surface area (Å²) < 4.78 is 19.9. The first-order valence-electron chi connectivity index (χ1n) is 9.76. The fourth-order valence-corrected chi connectivity index (χ4v) is 3.35. The lowest BCUT2D eigenvalue weighted by Crippen LogP contribution is -2.40. The van der Waals surface area contributed by atoms with Crippen molar-refractivity contribution in [2.24, 2.45) is 5.92 Å². The normalized spacial score (nSPS) is 17.5. The number of ether oxygens (including phenoxy) is 1. The van der Waals surface area contributed by atoms with Gasteiger partial charge in [-0.2, -0.15) is 0 Å². The number of nitrogens with zero attached hydrogens (tertiary/aromatic N) is 3. The van der Waals surface area contributed by atoms with Crippen LogP contribution < -0.4 is 0 Å². The number of amides is 2. The molecular formula is C22H26FN3O3. The summed E-state index contributed by atoms with van der Waals surface area (Å²) in [7, 11) is 0. The van der Waals surface area contributed by atoms with E-state index < -0.39 is 6.10 Å². The molecule has 1 saturated heterocycles. The largest absolute Gasteiger partial charge is 0.370 e. The van der Waals surface area contributed by atoms with Crippen molar-refractivity contribution in [1.82, 2.24) is 14.8 Å². The maximum atomic E-state index is 13.9. The molecule has 3 rings (SSSR count). The summed E-state index contributed by atoms with van der Waals surface area (Å²) in [6, 6.07) is 9.79. The zero-order valence-corrected chi connectivity index (χ0v) is 16.8. The number of halogens is 1. The van der Waals surface area contributed by atoms with E-state index in [0.29, 0.717) is 24.2 Å². The zero-order valence-electron chi connectivity index (χ0n) is 16.8.